The fraction of sp³-hybridized carbons (Fsp3) is 0.600. The molecule has 3 nitrogen and oxygen atoms in total. The van der Waals surface area contributed by atoms with Gasteiger partial charge in [-0.2, -0.15) is 0 Å². The van der Waals surface area contributed by atoms with Crippen LogP contribution in [0.2, 0.25) is 0 Å². The number of para-hydroxylation sites is 1. The van der Waals surface area contributed by atoms with Crippen LogP contribution in [0.4, 0.5) is 5.69 Å². The largest absolute Gasteiger partial charge is 0.366 e. The van der Waals surface area contributed by atoms with Crippen molar-refractivity contribution in [1.82, 2.24) is 4.90 Å². The van der Waals surface area contributed by atoms with Gasteiger partial charge in [-0.1, -0.05) is 18.2 Å². The lowest BCUT2D eigenvalue weighted by Crippen LogP contribution is -2.58. The Balaban J connectivity index is 1.92. The highest BCUT2D eigenvalue weighted by Crippen LogP contribution is 2.40. The Morgan fingerprint density at radius 3 is 2.83 bits per heavy atom. The van der Waals surface area contributed by atoms with Crippen molar-refractivity contribution in [2.45, 2.75) is 30.8 Å². The molecule has 18 heavy (non-hydrogen) atoms. The third-order valence-electron chi connectivity index (χ3n) is 4.98. The molecular formula is C15H23N3. The van der Waals surface area contributed by atoms with Crippen molar-refractivity contribution in [1.29, 1.82) is 0 Å². The average Bonchev–Trinajstić information content (AvgIpc) is 3.01. The second kappa shape index (κ2) is 4.56. The SMILES string of the molecule is CN(c1ccccc1)C1(CN)CCN2CCCC21. The molecule has 2 fully saturated rings. The number of nitrogens with two attached hydrogens (primary N) is 1. The molecule has 0 bridgehead atoms. The Kier molecular flexibility index (Phi) is 3.04. The maximum absolute atomic E-state index is 6.19. The van der Waals surface area contributed by atoms with Gasteiger partial charge in [-0.05, 0) is 37.9 Å². The number of likely N-dealkylation sites (N-methyl/N-ethyl adjacent to an activating group) is 1. The summed E-state index contributed by atoms with van der Waals surface area (Å²) in [7, 11) is 2.21. The van der Waals surface area contributed by atoms with Crippen LogP contribution in [0, 0.1) is 0 Å². The zero-order chi connectivity index (χ0) is 12.6. The van der Waals surface area contributed by atoms with Crippen LogP contribution in [0.25, 0.3) is 0 Å². The summed E-state index contributed by atoms with van der Waals surface area (Å²) in [6, 6.07) is 11.3. The number of nitrogens with zero attached hydrogens (tertiary/aromatic N) is 2. The standard InChI is InChI=1S/C15H23N3/c1-17(13-6-3-2-4-7-13)15(12-16)9-11-18-10-5-8-14(15)18/h2-4,6-7,14H,5,8-12,16H2,1H3. The van der Waals surface area contributed by atoms with Crippen LogP contribution in [0.3, 0.4) is 0 Å². The van der Waals surface area contributed by atoms with Crippen LogP contribution in [0.1, 0.15) is 19.3 Å². The summed E-state index contributed by atoms with van der Waals surface area (Å²) in [4.78, 5) is 5.06. The zero-order valence-corrected chi connectivity index (χ0v) is 11.2. The summed E-state index contributed by atoms with van der Waals surface area (Å²) in [6.07, 6.45) is 3.82. The molecule has 0 amide bonds. The fourth-order valence-corrected chi connectivity index (χ4v) is 3.88. The molecule has 0 saturated carbocycles. The van der Waals surface area contributed by atoms with E-state index in [9.17, 15) is 0 Å². The summed E-state index contributed by atoms with van der Waals surface area (Å²) in [5.74, 6) is 0. The molecule has 2 N–H and O–H groups in total. The van der Waals surface area contributed by atoms with Crippen LogP contribution < -0.4 is 10.6 Å². The van der Waals surface area contributed by atoms with Gasteiger partial charge in [0, 0.05) is 31.9 Å². The smallest absolute Gasteiger partial charge is 0.0687 e. The number of benzene rings is 1. The number of fused-ring (bicyclic) bond motifs is 1. The van der Waals surface area contributed by atoms with Crippen LogP contribution in [-0.4, -0.2) is 43.2 Å². The molecule has 2 heterocycles. The van der Waals surface area contributed by atoms with E-state index >= 15 is 0 Å². The first-order valence-corrected chi connectivity index (χ1v) is 7.01. The van der Waals surface area contributed by atoms with Crippen molar-refractivity contribution < 1.29 is 0 Å². The lowest BCUT2D eigenvalue weighted by atomic mass is 9.86. The summed E-state index contributed by atoms with van der Waals surface area (Å²) in [6.45, 7) is 3.22. The van der Waals surface area contributed by atoms with Gasteiger partial charge < -0.3 is 10.6 Å². The molecule has 2 atom stereocenters. The minimum atomic E-state index is 0.137. The molecule has 3 rings (SSSR count). The molecule has 0 spiro atoms. The second-order valence-electron chi connectivity index (χ2n) is 5.65. The maximum Gasteiger partial charge on any atom is 0.0687 e. The molecule has 2 aliphatic rings. The van der Waals surface area contributed by atoms with Gasteiger partial charge >= 0.3 is 0 Å². The Bertz CT molecular complexity index is 405. The molecule has 3 heteroatoms. The summed E-state index contributed by atoms with van der Waals surface area (Å²) < 4.78 is 0. The Labute approximate surface area is 110 Å². The van der Waals surface area contributed by atoms with E-state index < -0.39 is 0 Å². The molecule has 1 aromatic carbocycles. The minimum Gasteiger partial charge on any atom is -0.366 e. The quantitative estimate of drug-likeness (QED) is 0.879. The zero-order valence-electron chi connectivity index (χ0n) is 11.2. The van der Waals surface area contributed by atoms with E-state index in [4.69, 9.17) is 5.73 Å². The Hall–Kier alpha value is -1.06. The summed E-state index contributed by atoms with van der Waals surface area (Å²) >= 11 is 0. The maximum atomic E-state index is 6.19. The normalized spacial score (nSPS) is 31.6. The van der Waals surface area contributed by atoms with E-state index in [0.717, 1.165) is 6.54 Å². The van der Waals surface area contributed by atoms with Crippen molar-refractivity contribution >= 4 is 5.69 Å². The summed E-state index contributed by atoms with van der Waals surface area (Å²) in [5, 5.41) is 0. The van der Waals surface area contributed by atoms with Crippen molar-refractivity contribution in [3.63, 3.8) is 0 Å². The predicted molar refractivity (Wildman–Crippen MR) is 75.8 cm³/mol. The highest BCUT2D eigenvalue weighted by Gasteiger charge is 2.50. The van der Waals surface area contributed by atoms with E-state index in [1.165, 1.54) is 38.0 Å². The van der Waals surface area contributed by atoms with Gasteiger partial charge in [0.2, 0.25) is 0 Å². The average molecular weight is 245 g/mol. The van der Waals surface area contributed by atoms with Gasteiger partial charge in [-0.25, -0.2) is 0 Å². The van der Waals surface area contributed by atoms with E-state index in [-0.39, 0.29) is 5.54 Å². The lowest BCUT2D eigenvalue weighted by Gasteiger charge is -2.44. The van der Waals surface area contributed by atoms with E-state index in [1.807, 2.05) is 0 Å². The Morgan fingerprint density at radius 2 is 2.11 bits per heavy atom. The molecule has 2 saturated heterocycles. The number of rotatable bonds is 3. The highest BCUT2D eigenvalue weighted by molar-refractivity contribution is 5.49. The second-order valence-corrected chi connectivity index (χ2v) is 5.65. The molecule has 0 aliphatic carbocycles. The van der Waals surface area contributed by atoms with E-state index in [1.54, 1.807) is 0 Å². The predicted octanol–water partition coefficient (Wildman–Crippen LogP) is 1.69. The van der Waals surface area contributed by atoms with Crippen molar-refractivity contribution in [2.75, 3.05) is 31.6 Å². The number of anilines is 1. The minimum absolute atomic E-state index is 0.137. The van der Waals surface area contributed by atoms with E-state index in [0.29, 0.717) is 6.04 Å². The van der Waals surface area contributed by atoms with Crippen molar-refractivity contribution in [3.8, 4) is 0 Å². The van der Waals surface area contributed by atoms with Gasteiger partial charge in [0.15, 0.2) is 0 Å². The Morgan fingerprint density at radius 1 is 1.33 bits per heavy atom. The molecule has 0 radical (unpaired) electrons. The van der Waals surface area contributed by atoms with Gasteiger partial charge in [-0.3, -0.25) is 4.90 Å². The molecule has 2 aliphatic heterocycles. The number of hydrogen-bond acceptors (Lipinski definition) is 3. The van der Waals surface area contributed by atoms with Gasteiger partial charge in [0.1, 0.15) is 0 Å². The lowest BCUT2D eigenvalue weighted by molar-refractivity contribution is 0.262. The third-order valence-corrected chi connectivity index (χ3v) is 4.98. The van der Waals surface area contributed by atoms with Gasteiger partial charge in [-0.15, -0.1) is 0 Å². The van der Waals surface area contributed by atoms with Crippen LogP contribution in [0.15, 0.2) is 30.3 Å². The molecule has 1 aromatic rings. The van der Waals surface area contributed by atoms with Crippen LogP contribution in [0.5, 0.6) is 0 Å². The first kappa shape index (κ1) is 12.0. The van der Waals surface area contributed by atoms with Crippen molar-refractivity contribution in [2.24, 2.45) is 5.73 Å². The van der Waals surface area contributed by atoms with Crippen molar-refractivity contribution in [3.05, 3.63) is 30.3 Å². The van der Waals surface area contributed by atoms with Gasteiger partial charge in [0.25, 0.3) is 0 Å². The highest BCUT2D eigenvalue weighted by atomic mass is 15.3. The third kappa shape index (κ3) is 1.65. The monoisotopic (exact) mass is 245 g/mol. The number of hydrogen-bond donors (Lipinski definition) is 1. The first-order chi connectivity index (χ1) is 8.78. The fourth-order valence-electron chi connectivity index (χ4n) is 3.88. The molecule has 0 aromatic heterocycles. The van der Waals surface area contributed by atoms with Crippen LogP contribution in [-0.2, 0) is 0 Å². The van der Waals surface area contributed by atoms with Crippen LogP contribution >= 0.6 is 0 Å². The summed E-state index contributed by atoms with van der Waals surface area (Å²) in [5.41, 5.74) is 7.62. The molecular weight excluding hydrogens is 222 g/mol. The first-order valence-electron chi connectivity index (χ1n) is 7.01. The topological polar surface area (TPSA) is 32.5 Å². The van der Waals surface area contributed by atoms with E-state index in [2.05, 4.69) is 47.2 Å². The molecule has 98 valence electrons. The molecule has 2 unspecified atom stereocenters. The van der Waals surface area contributed by atoms with Gasteiger partial charge in [0.05, 0.1) is 5.54 Å².